The summed E-state index contributed by atoms with van der Waals surface area (Å²) in [4.78, 5) is 11.2. The van der Waals surface area contributed by atoms with Crippen molar-refractivity contribution in [1.82, 2.24) is 24.8 Å². The van der Waals surface area contributed by atoms with Crippen molar-refractivity contribution < 1.29 is 4.74 Å². The van der Waals surface area contributed by atoms with E-state index in [1.54, 1.807) is 13.3 Å². The van der Waals surface area contributed by atoms with E-state index in [0.29, 0.717) is 6.54 Å². The average Bonchev–Trinajstić information content (AvgIpc) is 3.35. The minimum Gasteiger partial charge on any atom is -0.497 e. The minimum absolute atomic E-state index is 0.0131. The number of methoxy groups -OCH3 is 1. The molecule has 0 unspecified atom stereocenters. The number of hydrogen-bond acceptors (Lipinski definition) is 4. The van der Waals surface area contributed by atoms with Gasteiger partial charge in [0.1, 0.15) is 5.75 Å². The molecule has 1 saturated heterocycles. The number of aryl methyl sites for hydroxylation is 1. The molecule has 7 heteroatoms. The molecular formula is C27H27N5OS. The van der Waals surface area contributed by atoms with Gasteiger partial charge >= 0.3 is 0 Å². The summed E-state index contributed by atoms with van der Waals surface area (Å²) in [6.07, 6.45) is 5.52. The highest BCUT2D eigenvalue weighted by molar-refractivity contribution is 7.80. The van der Waals surface area contributed by atoms with Crippen molar-refractivity contribution in [3.8, 4) is 11.4 Å². The van der Waals surface area contributed by atoms with Gasteiger partial charge in [-0.1, -0.05) is 12.1 Å². The van der Waals surface area contributed by atoms with Crippen molar-refractivity contribution in [3.63, 3.8) is 0 Å². The van der Waals surface area contributed by atoms with Crippen LogP contribution in [0.25, 0.3) is 5.69 Å². The lowest BCUT2D eigenvalue weighted by Gasteiger charge is -2.28. The first-order chi connectivity index (χ1) is 16.6. The SMILES string of the molecule is COc1ccc(-n2c(C)cc([C@@H]3[C@H](c4ccccn4)NC(=S)N3Cc3cccnc3)c2C)cc1. The molecule has 34 heavy (non-hydrogen) atoms. The third-order valence-electron chi connectivity index (χ3n) is 6.39. The number of thiocarbonyl (C=S) groups is 1. The van der Waals surface area contributed by atoms with Crippen molar-refractivity contribution in [2.75, 3.05) is 7.11 Å². The van der Waals surface area contributed by atoms with Gasteiger partial charge in [-0.2, -0.15) is 0 Å². The van der Waals surface area contributed by atoms with Gasteiger partial charge in [0.2, 0.25) is 0 Å². The maximum Gasteiger partial charge on any atom is 0.170 e. The summed E-state index contributed by atoms with van der Waals surface area (Å²) in [5.41, 5.74) is 6.75. The van der Waals surface area contributed by atoms with E-state index in [-0.39, 0.29) is 12.1 Å². The van der Waals surface area contributed by atoms with Gasteiger partial charge < -0.3 is 19.5 Å². The number of hydrogen-bond donors (Lipinski definition) is 1. The van der Waals surface area contributed by atoms with E-state index >= 15 is 0 Å². The Balaban J connectivity index is 1.60. The smallest absolute Gasteiger partial charge is 0.170 e. The lowest BCUT2D eigenvalue weighted by atomic mass is 9.96. The number of ether oxygens (including phenoxy) is 1. The van der Waals surface area contributed by atoms with E-state index in [1.165, 1.54) is 11.3 Å². The van der Waals surface area contributed by atoms with Crippen LogP contribution in [0.1, 0.15) is 40.3 Å². The number of rotatable bonds is 6. The summed E-state index contributed by atoms with van der Waals surface area (Å²) in [5.74, 6) is 0.842. The highest BCUT2D eigenvalue weighted by Gasteiger charge is 2.41. The number of aromatic nitrogens is 3. The Morgan fingerprint density at radius 3 is 2.53 bits per heavy atom. The van der Waals surface area contributed by atoms with Gasteiger partial charge in [-0.3, -0.25) is 9.97 Å². The molecule has 1 aliphatic heterocycles. The third-order valence-corrected chi connectivity index (χ3v) is 6.75. The third kappa shape index (κ3) is 4.03. The minimum atomic E-state index is -0.0600. The van der Waals surface area contributed by atoms with Gasteiger partial charge in [-0.05, 0) is 85.7 Å². The summed E-state index contributed by atoms with van der Waals surface area (Å²) in [6.45, 7) is 4.98. The zero-order chi connectivity index (χ0) is 23.7. The second-order valence-electron chi connectivity index (χ2n) is 8.48. The average molecular weight is 470 g/mol. The quantitative estimate of drug-likeness (QED) is 0.398. The number of pyridine rings is 2. The molecule has 172 valence electrons. The fraction of sp³-hybridized carbons (Fsp3) is 0.222. The van der Waals surface area contributed by atoms with Crippen molar-refractivity contribution in [2.45, 2.75) is 32.5 Å². The first-order valence-electron chi connectivity index (χ1n) is 11.3. The predicted molar refractivity (Wildman–Crippen MR) is 137 cm³/mol. The molecule has 0 bridgehead atoms. The van der Waals surface area contributed by atoms with Crippen LogP contribution in [0.2, 0.25) is 0 Å². The van der Waals surface area contributed by atoms with Gasteiger partial charge in [0.25, 0.3) is 0 Å². The lowest BCUT2D eigenvalue weighted by Crippen LogP contribution is -2.29. The van der Waals surface area contributed by atoms with Crippen LogP contribution < -0.4 is 10.1 Å². The van der Waals surface area contributed by atoms with Gasteiger partial charge in [-0.25, -0.2) is 0 Å². The molecule has 0 amide bonds. The monoisotopic (exact) mass is 469 g/mol. The zero-order valence-electron chi connectivity index (χ0n) is 19.5. The van der Waals surface area contributed by atoms with Crippen LogP contribution in [-0.2, 0) is 6.54 Å². The highest BCUT2D eigenvalue weighted by atomic mass is 32.1. The van der Waals surface area contributed by atoms with Gasteiger partial charge in [0, 0.05) is 42.2 Å². The molecule has 5 rings (SSSR count). The molecule has 0 spiro atoms. The van der Waals surface area contributed by atoms with Crippen molar-refractivity contribution in [3.05, 3.63) is 107 Å². The Bertz CT molecular complexity index is 1290. The Kier molecular flexibility index (Phi) is 6.02. The Hall–Kier alpha value is -3.71. The van der Waals surface area contributed by atoms with E-state index in [0.717, 1.165) is 33.5 Å². The molecule has 1 fully saturated rings. The summed E-state index contributed by atoms with van der Waals surface area (Å²) in [5, 5.41) is 4.27. The predicted octanol–water partition coefficient (Wildman–Crippen LogP) is 5.07. The molecule has 1 aromatic carbocycles. The van der Waals surface area contributed by atoms with Crippen LogP contribution in [0, 0.1) is 13.8 Å². The first kappa shape index (κ1) is 22.1. The summed E-state index contributed by atoms with van der Waals surface area (Å²) < 4.78 is 7.63. The van der Waals surface area contributed by atoms with Crippen LogP contribution in [-0.4, -0.2) is 31.7 Å². The molecule has 0 aliphatic carbocycles. The van der Waals surface area contributed by atoms with E-state index in [4.69, 9.17) is 17.0 Å². The maximum atomic E-state index is 5.84. The molecular weight excluding hydrogens is 442 g/mol. The molecule has 0 radical (unpaired) electrons. The summed E-state index contributed by atoms with van der Waals surface area (Å²) in [6, 6.07) is 20.4. The van der Waals surface area contributed by atoms with Crippen LogP contribution in [0.5, 0.6) is 5.75 Å². The van der Waals surface area contributed by atoms with Crippen LogP contribution >= 0.6 is 12.2 Å². The molecule has 4 heterocycles. The number of nitrogens with one attached hydrogen (secondary N) is 1. The van der Waals surface area contributed by atoms with E-state index in [1.807, 2.05) is 42.7 Å². The number of nitrogens with zero attached hydrogens (tertiary/aromatic N) is 4. The second-order valence-corrected chi connectivity index (χ2v) is 8.86. The fourth-order valence-corrected chi connectivity index (χ4v) is 5.12. The molecule has 1 N–H and O–H groups in total. The summed E-state index contributed by atoms with van der Waals surface area (Å²) in [7, 11) is 1.68. The number of benzene rings is 1. The van der Waals surface area contributed by atoms with Crippen LogP contribution in [0.3, 0.4) is 0 Å². The normalized spacial score (nSPS) is 17.6. The summed E-state index contributed by atoms with van der Waals surface area (Å²) >= 11 is 5.84. The lowest BCUT2D eigenvalue weighted by molar-refractivity contribution is 0.310. The maximum absolute atomic E-state index is 5.84. The van der Waals surface area contributed by atoms with Gasteiger partial charge in [-0.15, -0.1) is 0 Å². The van der Waals surface area contributed by atoms with E-state index in [9.17, 15) is 0 Å². The first-order valence-corrected chi connectivity index (χ1v) is 11.7. The zero-order valence-corrected chi connectivity index (χ0v) is 20.3. The highest BCUT2D eigenvalue weighted by Crippen LogP contribution is 2.42. The Morgan fingerprint density at radius 2 is 1.85 bits per heavy atom. The van der Waals surface area contributed by atoms with Crippen molar-refractivity contribution in [1.29, 1.82) is 0 Å². The van der Waals surface area contributed by atoms with Gasteiger partial charge in [0.15, 0.2) is 5.11 Å². The fourth-order valence-electron chi connectivity index (χ4n) is 4.82. The topological polar surface area (TPSA) is 55.2 Å². The van der Waals surface area contributed by atoms with Crippen molar-refractivity contribution >= 4 is 17.3 Å². The molecule has 3 aromatic heterocycles. The van der Waals surface area contributed by atoms with Crippen LogP contribution in [0.15, 0.2) is 79.3 Å². The van der Waals surface area contributed by atoms with Crippen LogP contribution in [0.4, 0.5) is 0 Å². The van der Waals surface area contributed by atoms with E-state index in [2.05, 4.69) is 68.9 Å². The van der Waals surface area contributed by atoms with Crippen molar-refractivity contribution in [2.24, 2.45) is 0 Å². The molecule has 0 saturated carbocycles. The van der Waals surface area contributed by atoms with Gasteiger partial charge in [0.05, 0.1) is 24.9 Å². The standard InChI is InChI=1S/C27H27N5OS/c1-18-15-23(19(2)32(18)21-9-11-22(33-3)12-10-21)26-25(24-8-4-5-14-29-24)30-27(34)31(26)17-20-7-6-13-28-16-20/h4-16,25-26H,17H2,1-3H3,(H,30,34)/t25-,26+/m0/s1. The Morgan fingerprint density at radius 1 is 1.03 bits per heavy atom. The Labute approximate surface area is 205 Å². The largest absolute Gasteiger partial charge is 0.497 e. The molecule has 1 aliphatic rings. The molecule has 4 aromatic rings. The van der Waals surface area contributed by atoms with E-state index < -0.39 is 0 Å². The second kappa shape index (κ2) is 9.27. The molecule has 2 atom stereocenters. The molecule has 6 nitrogen and oxygen atoms in total.